The molecule has 4 rings (SSSR count). The van der Waals surface area contributed by atoms with E-state index in [-0.39, 0.29) is 24.0 Å². The number of nitrogens with one attached hydrogen (secondary N) is 1. The lowest BCUT2D eigenvalue weighted by Crippen LogP contribution is -2.49. The van der Waals surface area contributed by atoms with Crippen molar-refractivity contribution in [2.45, 2.75) is 32.7 Å². The number of aliphatic imine (C=N–C) groups is 1. The van der Waals surface area contributed by atoms with Crippen LogP contribution < -0.4 is 5.32 Å². The molecule has 2 unspecified atom stereocenters. The quantitative estimate of drug-likeness (QED) is 0.327. The lowest BCUT2D eigenvalue weighted by Gasteiger charge is -2.39. The summed E-state index contributed by atoms with van der Waals surface area (Å²) in [5.41, 5.74) is 2.07. The molecule has 2 atom stereocenters. The van der Waals surface area contributed by atoms with E-state index in [9.17, 15) is 0 Å². The molecule has 4 heterocycles. The zero-order valence-electron chi connectivity index (χ0n) is 17.1. The van der Waals surface area contributed by atoms with Gasteiger partial charge in [-0.1, -0.05) is 13.0 Å². The molecule has 0 saturated carbocycles. The lowest BCUT2D eigenvalue weighted by molar-refractivity contribution is 0.189. The normalized spacial score (nSPS) is 19.9. The fraction of sp³-hybridized carbons (Fsp3) is 0.476. The fourth-order valence-corrected chi connectivity index (χ4v) is 3.90. The SMILES string of the molecule is CCNC(=NCCc1cn2ccccc2n1)N1CCC(C)C(n2ccnc2)C1.I. The number of likely N-dealkylation sites (tertiary alicyclic amines) is 1. The maximum Gasteiger partial charge on any atom is 0.193 e. The smallest absolute Gasteiger partial charge is 0.193 e. The minimum absolute atomic E-state index is 0. The van der Waals surface area contributed by atoms with E-state index in [0.717, 1.165) is 56.3 Å². The third-order valence-electron chi connectivity index (χ3n) is 5.50. The monoisotopic (exact) mass is 507 g/mol. The van der Waals surface area contributed by atoms with Crippen LogP contribution in [0.2, 0.25) is 0 Å². The van der Waals surface area contributed by atoms with Crippen molar-refractivity contribution < 1.29 is 0 Å². The van der Waals surface area contributed by atoms with Gasteiger partial charge in [0.25, 0.3) is 0 Å². The van der Waals surface area contributed by atoms with E-state index in [1.54, 1.807) is 0 Å². The predicted molar refractivity (Wildman–Crippen MR) is 127 cm³/mol. The standard InChI is InChI=1S/C21H29N7.HI/c1-3-23-21(24-9-7-18-14-26-11-5-4-6-20(26)25-18)27-12-8-17(2)19(15-27)28-13-10-22-16-28;/h4-6,10-11,13-14,16-17,19H,3,7-9,12,15H2,1-2H3,(H,23,24);1H. The Morgan fingerprint density at radius 2 is 2.21 bits per heavy atom. The van der Waals surface area contributed by atoms with Gasteiger partial charge in [0, 0.05) is 57.4 Å². The lowest BCUT2D eigenvalue weighted by atomic mass is 9.93. The van der Waals surface area contributed by atoms with Gasteiger partial charge >= 0.3 is 0 Å². The molecule has 3 aromatic heterocycles. The summed E-state index contributed by atoms with van der Waals surface area (Å²) in [6.07, 6.45) is 12.0. The molecule has 156 valence electrons. The van der Waals surface area contributed by atoms with Crippen LogP contribution in [-0.2, 0) is 6.42 Å². The summed E-state index contributed by atoms with van der Waals surface area (Å²) in [6, 6.07) is 6.50. The molecule has 7 nitrogen and oxygen atoms in total. The summed E-state index contributed by atoms with van der Waals surface area (Å²) < 4.78 is 4.29. The largest absolute Gasteiger partial charge is 0.357 e. The van der Waals surface area contributed by atoms with Crippen molar-refractivity contribution >= 4 is 35.6 Å². The van der Waals surface area contributed by atoms with Crippen LogP contribution in [0.5, 0.6) is 0 Å². The average molecular weight is 507 g/mol. The maximum atomic E-state index is 4.90. The van der Waals surface area contributed by atoms with Crippen molar-refractivity contribution in [1.82, 2.24) is 29.2 Å². The Labute approximate surface area is 189 Å². The third-order valence-corrected chi connectivity index (χ3v) is 5.50. The predicted octanol–water partition coefficient (Wildman–Crippen LogP) is 3.24. The number of imidazole rings is 2. The first kappa shape index (κ1) is 21.6. The number of hydrogen-bond acceptors (Lipinski definition) is 3. The molecular weight excluding hydrogens is 477 g/mol. The second kappa shape index (κ2) is 10.1. The van der Waals surface area contributed by atoms with Crippen LogP contribution in [0, 0.1) is 5.92 Å². The van der Waals surface area contributed by atoms with Gasteiger partial charge in [0.1, 0.15) is 5.65 Å². The van der Waals surface area contributed by atoms with Crippen molar-refractivity contribution in [1.29, 1.82) is 0 Å². The van der Waals surface area contributed by atoms with Crippen molar-refractivity contribution in [3.63, 3.8) is 0 Å². The molecular formula is C21H30IN7. The van der Waals surface area contributed by atoms with E-state index in [4.69, 9.17) is 4.99 Å². The summed E-state index contributed by atoms with van der Waals surface area (Å²) >= 11 is 0. The van der Waals surface area contributed by atoms with Crippen molar-refractivity contribution in [3.8, 4) is 0 Å². The highest BCUT2D eigenvalue weighted by atomic mass is 127. The van der Waals surface area contributed by atoms with E-state index in [0.29, 0.717) is 12.0 Å². The Bertz CT molecular complexity index is 885. The third kappa shape index (κ3) is 5.09. The van der Waals surface area contributed by atoms with Crippen LogP contribution in [-0.4, -0.2) is 56.0 Å². The Morgan fingerprint density at radius 1 is 1.31 bits per heavy atom. The molecule has 8 heteroatoms. The van der Waals surface area contributed by atoms with Gasteiger partial charge in [0.05, 0.1) is 18.1 Å². The van der Waals surface area contributed by atoms with Gasteiger partial charge in [0.15, 0.2) is 5.96 Å². The molecule has 1 aliphatic heterocycles. The number of nitrogens with zero attached hydrogens (tertiary/aromatic N) is 6. The van der Waals surface area contributed by atoms with Gasteiger partial charge in [-0.2, -0.15) is 0 Å². The van der Waals surface area contributed by atoms with Gasteiger partial charge in [0.2, 0.25) is 0 Å². The molecule has 1 N–H and O–H groups in total. The zero-order valence-corrected chi connectivity index (χ0v) is 19.4. The maximum absolute atomic E-state index is 4.90. The van der Waals surface area contributed by atoms with E-state index in [1.165, 1.54) is 0 Å². The van der Waals surface area contributed by atoms with E-state index in [1.807, 2.05) is 36.9 Å². The number of aromatic nitrogens is 4. The van der Waals surface area contributed by atoms with Crippen LogP contribution >= 0.6 is 24.0 Å². The van der Waals surface area contributed by atoms with Gasteiger partial charge in [-0.05, 0) is 31.4 Å². The average Bonchev–Trinajstić information content (AvgIpc) is 3.37. The summed E-state index contributed by atoms with van der Waals surface area (Å²) in [4.78, 5) is 16.2. The first-order valence-electron chi connectivity index (χ1n) is 10.2. The first-order chi connectivity index (χ1) is 13.7. The van der Waals surface area contributed by atoms with Gasteiger partial charge in [-0.15, -0.1) is 24.0 Å². The molecule has 1 fully saturated rings. The molecule has 0 radical (unpaired) electrons. The number of pyridine rings is 1. The molecule has 1 aliphatic rings. The van der Waals surface area contributed by atoms with Crippen LogP contribution in [0.15, 0.2) is 54.3 Å². The molecule has 29 heavy (non-hydrogen) atoms. The second-order valence-corrected chi connectivity index (χ2v) is 7.47. The highest BCUT2D eigenvalue weighted by Crippen LogP contribution is 2.27. The molecule has 0 aromatic carbocycles. The second-order valence-electron chi connectivity index (χ2n) is 7.47. The summed E-state index contributed by atoms with van der Waals surface area (Å²) in [5.74, 6) is 1.63. The Balaban J connectivity index is 0.00000240. The summed E-state index contributed by atoms with van der Waals surface area (Å²) in [5, 5.41) is 3.47. The Morgan fingerprint density at radius 3 is 2.97 bits per heavy atom. The Hall–Kier alpha value is -2.10. The highest BCUT2D eigenvalue weighted by Gasteiger charge is 2.28. The number of rotatable bonds is 5. The molecule has 3 aromatic rings. The van der Waals surface area contributed by atoms with Crippen LogP contribution in [0.1, 0.15) is 32.0 Å². The van der Waals surface area contributed by atoms with Crippen LogP contribution in [0.25, 0.3) is 5.65 Å². The topological polar surface area (TPSA) is 62.8 Å². The molecule has 1 saturated heterocycles. The first-order valence-corrected chi connectivity index (χ1v) is 10.2. The molecule has 0 amide bonds. The summed E-state index contributed by atoms with van der Waals surface area (Å²) in [7, 11) is 0. The van der Waals surface area contributed by atoms with Crippen LogP contribution in [0.4, 0.5) is 0 Å². The number of hydrogen-bond donors (Lipinski definition) is 1. The van der Waals surface area contributed by atoms with Gasteiger partial charge in [-0.25, -0.2) is 9.97 Å². The zero-order chi connectivity index (χ0) is 19.3. The van der Waals surface area contributed by atoms with Crippen molar-refractivity contribution in [3.05, 3.63) is 55.0 Å². The minimum Gasteiger partial charge on any atom is -0.357 e. The highest BCUT2D eigenvalue weighted by molar-refractivity contribution is 14.0. The Kier molecular flexibility index (Phi) is 7.51. The molecule has 0 bridgehead atoms. The number of fused-ring (bicyclic) bond motifs is 1. The van der Waals surface area contributed by atoms with Gasteiger partial charge in [-0.3, -0.25) is 4.99 Å². The van der Waals surface area contributed by atoms with Gasteiger partial charge < -0.3 is 19.2 Å². The number of guanidine groups is 1. The van der Waals surface area contributed by atoms with Crippen LogP contribution in [0.3, 0.4) is 0 Å². The van der Waals surface area contributed by atoms with E-state index >= 15 is 0 Å². The van der Waals surface area contributed by atoms with Crippen molar-refractivity contribution in [2.75, 3.05) is 26.2 Å². The summed E-state index contributed by atoms with van der Waals surface area (Å²) in [6.45, 7) is 8.04. The minimum atomic E-state index is 0. The van der Waals surface area contributed by atoms with E-state index < -0.39 is 0 Å². The van der Waals surface area contributed by atoms with E-state index in [2.05, 4.69) is 55.4 Å². The molecule has 0 aliphatic carbocycles. The number of piperidine rings is 1. The molecule has 0 spiro atoms. The van der Waals surface area contributed by atoms with Crippen molar-refractivity contribution in [2.24, 2.45) is 10.9 Å². The fourth-order valence-electron chi connectivity index (χ4n) is 3.90. The number of halogens is 1.